The molecule has 0 aromatic rings. The molecule has 2 unspecified atom stereocenters. The summed E-state index contributed by atoms with van der Waals surface area (Å²) < 4.78 is 4.73. The van der Waals surface area contributed by atoms with Gasteiger partial charge in [-0.05, 0) is 13.8 Å². The second kappa shape index (κ2) is 4.73. The number of aliphatic hydroxyl groups is 2. The second-order valence-electron chi connectivity index (χ2n) is 2.06. The maximum Gasteiger partial charge on any atom is 0.112 e. The van der Waals surface area contributed by atoms with Gasteiger partial charge in [0, 0.05) is 0 Å². The summed E-state index contributed by atoms with van der Waals surface area (Å²) in [7, 11) is 0. The van der Waals surface area contributed by atoms with Gasteiger partial charge in [0.1, 0.15) is 6.61 Å². The maximum atomic E-state index is 8.64. The van der Waals surface area contributed by atoms with E-state index in [1.165, 1.54) is 6.61 Å². The molecule has 0 saturated carbocycles. The molecule has 2 N–H and O–H groups in total. The first-order chi connectivity index (χ1) is 4.13. The van der Waals surface area contributed by atoms with E-state index in [2.05, 4.69) is 0 Å². The third-order valence-corrected chi connectivity index (χ3v) is 0.631. The van der Waals surface area contributed by atoms with Crippen molar-refractivity contribution in [1.82, 2.24) is 0 Å². The molecule has 0 aliphatic heterocycles. The lowest BCUT2D eigenvalue weighted by atomic mass is 10.4. The van der Waals surface area contributed by atoms with E-state index in [0.29, 0.717) is 0 Å². The van der Waals surface area contributed by atoms with Crippen molar-refractivity contribution in [1.29, 1.82) is 0 Å². The van der Waals surface area contributed by atoms with Gasteiger partial charge in [0.05, 0.1) is 18.8 Å². The first kappa shape index (κ1) is 8.88. The summed E-state index contributed by atoms with van der Waals surface area (Å²) in [5.41, 5.74) is 0. The SMILES string of the molecule is CC(O)[CH]OCC(C)O. The van der Waals surface area contributed by atoms with E-state index in [0.717, 1.165) is 0 Å². The van der Waals surface area contributed by atoms with Crippen molar-refractivity contribution in [2.24, 2.45) is 0 Å². The van der Waals surface area contributed by atoms with Gasteiger partial charge in [-0.15, -0.1) is 0 Å². The zero-order valence-electron chi connectivity index (χ0n) is 5.74. The minimum atomic E-state index is -0.566. The lowest BCUT2D eigenvalue weighted by Crippen LogP contribution is -2.12. The summed E-state index contributed by atoms with van der Waals surface area (Å²) in [5.74, 6) is 0. The molecule has 0 aliphatic carbocycles. The molecule has 2 atom stereocenters. The predicted molar refractivity (Wildman–Crippen MR) is 33.6 cm³/mol. The van der Waals surface area contributed by atoms with Crippen molar-refractivity contribution < 1.29 is 14.9 Å². The van der Waals surface area contributed by atoms with Gasteiger partial charge < -0.3 is 14.9 Å². The average Bonchev–Trinajstić information content (AvgIpc) is 1.63. The monoisotopic (exact) mass is 133 g/mol. The van der Waals surface area contributed by atoms with E-state index < -0.39 is 12.2 Å². The van der Waals surface area contributed by atoms with E-state index in [9.17, 15) is 0 Å². The first-order valence-corrected chi connectivity index (χ1v) is 2.94. The minimum Gasteiger partial charge on any atom is -0.391 e. The normalized spacial score (nSPS) is 17.3. The molecule has 3 heteroatoms. The number of rotatable bonds is 4. The highest BCUT2D eigenvalue weighted by molar-refractivity contribution is 4.58. The number of hydrogen-bond acceptors (Lipinski definition) is 3. The topological polar surface area (TPSA) is 49.7 Å². The van der Waals surface area contributed by atoms with E-state index >= 15 is 0 Å². The molecule has 9 heavy (non-hydrogen) atoms. The molecule has 0 amide bonds. The molecule has 0 heterocycles. The fourth-order valence-electron chi connectivity index (χ4n) is 0.334. The summed E-state index contributed by atoms with van der Waals surface area (Å²) in [6.45, 7) is 4.73. The van der Waals surface area contributed by atoms with E-state index in [1.54, 1.807) is 13.8 Å². The molecular formula is C6H13O3. The van der Waals surface area contributed by atoms with Gasteiger partial charge in [-0.1, -0.05) is 0 Å². The highest BCUT2D eigenvalue weighted by Crippen LogP contribution is 1.91. The van der Waals surface area contributed by atoms with Gasteiger partial charge >= 0.3 is 0 Å². The van der Waals surface area contributed by atoms with Crippen LogP contribution in [0.5, 0.6) is 0 Å². The Balaban J connectivity index is 2.91. The molecule has 3 nitrogen and oxygen atoms in total. The zero-order chi connectivity index (χ0) is 7.28. The van der Waals surface area contributed by atoms with Crippen LogP contribution in [0.4, 0.5) is 0 Å². The van der Waals surface area contributed by atoms with Crippen molar-refractivity contribution in [3.63, 3.8) is 0 Å². The van der Waals surface area contributed by atoms with Crippen LogP contribution < -0.4 is 0 Å². The lowest BCUT2D eigenvalue weighted by Gasteiger charge is -2.06. The molecule has 55 valence electrons. The van der Waals surface area contributed by atoms with Gasteiger partial charge in [0.15, 0.2) is 0 Å². The Labute approximate surface area is 55.3 Å². The predicted octanol–water partition coefficient (Wildman–Crippen LogP) is -0.0736. The number of ether oxygens (including phenoxy) is 1. The Morgan fingerprint density at radius 3 is 2.33 bits per heavy atom. The standard InChI is InChI=1S/C6H13O3/c1-5(7)3-9-4-6(2)8/h3,5-8H,4H2,1-2H3. The Kier molecular flexibility index (Phi) is 4.67. The Bertz CT molecular complexity index is 53.3. The largest absolute Gasteiger partial charge is 0.391 e. The Hall–Kier alpha value is -0.120. The molecule has 0 spiro atoms. The molecule has 0 aliphatic rings. The molecule has 0 aromatic carbocycles. The number of hydrogen-bond donors (Lipinski definition) is 2. The van der Waals surface area contributed by atoms with E-state index in [1.807, 2.05) is 0 Å². The van der Waals surface area contributed by atoms with Gasteiger partial charge in [-0.25, -0.2) is 0 Å². The van der Waals surface area contributed by atoms with Crippen LogP contribution in [-0.4, -0.2) is 29.0 Å². The third-order valence-electron chi connectivity index (χ3n) is 0.631. The van der Waals surface area contributed by atoms with Crippen LogP contribution in [0.2, 0.25) is 0 Å². The molecule has 0 fully saturated rings. The summed E-state index contributed by atoms with van der Waals surface area (Å²) in [6.07, 6.45) is -1.04. The van der Waals surface area contributed by atoms with Crippen LogP contribution in [0.3, 0.4) is 0 Å². The second-order valence-corrected chi connectivity index (χ2v) is 2.06. The summed E-state index contributed by atoms with van der Waals surface area (Å²) in [6, 6.07) is 0. The average molecular weight is 133 g/mol. The molecule has 0 aromatic heterocycles. The van der Waals surface area contributed by atoms with Crippen LogP contribution >= 0.6 is 0 Å². The summed E-state index contributed by atoms with van der Waals surface area (Å²) in [4.78, 5) is 0. The van der Waals surface area contributed by atoms with Gasteiger partial charge in [-0.3, -0.25) is 0 Å². The highest BCUT2D eigenvalue weighted by Gasteiger charge is 1.98. The van der Waals surface area contributed by atoms with Crippen molar-refractivity contribution in [3.05, 3.63) is 6.61 Å². The van der Waals surface area contributed by atoms with Gasteiger partial charge in [0.2, 0.25) is 0 Å². The molecular weight excluding hydrogens is 120 g/mol. The van der Waals surface area contributed by atoms with Crippen LogP contribution in [0.25, 0.3) is 0 Å². The third kappa shape index (κ3) is 7.88. The fourth-order valence-corrected chi connectivity index (χ4v) is 0.334. The summed E-state index contributed by atoms with van der Waals surface area (Å²) >= 11 is 0. The van der Waals surface area contributed by atoms with Gasteiger partial charge in [0.25, 0.3) is 0 Å². The highest BCUT2D eigenvalue weighted by atomic mass is 16.5. The maximum absolute atomic E-state index is 8.64. The van der Waals surface area contributed by atoms with E-state index in [4.69, 9.17) is 14.9 Å². The summed E-state index contributed by atoms with van der Waals surface area (Å²) in [5, 5.41) is 17.2. The Morgan fingerprint density at radius 1 is 1.44 bits per heavy atom. The van der Waals surface area contributed by atoms with Crippen molar-refractivity contribution in [2.75, 3.05) is 6.61 Å². The lowest BCUT2D eigenvalue weighted by molar-refractivity contribution is 0.0448. The van der Waals surface area contributed by atoms with Crippen molar-refractivity contribution in [2.45, 2.75) is 26.1 Å². The van der Waals surface area contributed by atoms with Gasteiger partial charge in [-0.2, -0.15) is 0 Å². The molecule has 0 saturated heterocycles. The van der Waals surface area contributed by atoms with Crippen LogP contribution in [-0.2, 0) is 4.74 Å². The van der Waals surface area contributed by atoms with Crippen LogP contribution in [0.1, 0.15) is 13.8 Å². The van der Waals surface area contributed by atoms with Crippen LogP contribution in [0.15, 0.2) is 0 Å². The smallest absolute Gasteiger partial charge is 0.112 e. The van der Waals surface area contributed by atoms with Crippen LogP contribution in [0, 0.1) is 6.61 Å². The van der Waals surface area contributed by atoms with E-state index in [-0.39, 0.29) is 6.61 Å². The number of aliphatic hydroxyl groups excluding tert-OH is 2. The van der Waals surface area contributed by atoms with Crippen molar-refractivity contribution in [3.8, 4) is 0 Å². The minimum absolute atomic E-state index is 0.241. The molecule has 0 bridgehead atoms. The fraction of sp³-hybridized carbons (Fsp3) is 0.833. The molecule has 0 rings (SSSR count). The Morgan fingerprint density at radius 2 is 2.00 bits per heavy atom. The first-order valence-electron chi connectivity index (χ1n) is 2.94. The zero-order valence-corrected chi connectivity index (χ0v) is 5.74. The molecule has 1 radical (unpaired) electrons. The van der Waals surface area contributed by atoms with Crippen molar-refractivity contribution >= 4 is 0 Å². The quantitative estimate of drug-likeness (QED) is 0.564.